The molecule has 0 fully saturated rings. The van der Waals surface area contributed by atoms with E-state index in [2.05, 4.69) is 20.9 Å². The molecule has 0 aliphatic rings. The average molecular weight is 427 g/mol. The van der Waals surface area contributed by atoms with Crippen LogP contribution >= 0.6 is 0 Å². The number of para-hydroxylation sites is 1. The van der Waals surface area contributed by atoms with Crippen molar-refractivity contribution in [3.8, 4) is 0 Å². The molecule has 0 bridgehead atoms. The molecule has 32 heavy (non-hydrogen) atoms. The van der Waals surface area contributed by atoms with Gasteiger partial charge in [0.15, 0.2) is 0 Å². The third-order valence-corrected chi connectivity index (χ3v) is 5.02. The number of hydrogen-bond acceptors (Lipinski definition) is 5. The molecule has 2 amide bonds. The quantitative estimate of drug-likeness (QED) is 0.492. The Morgan fingerprint density at radius 3 is 2.44 bits per heavy atom. The molecule has 2 N–H and O–H groups in total. The number of carbonyl (C=O) groups excluding carboxylic acids is 2. The van der Waals surface area contributed by atoms with E-state index in [1.807, 2.05) is 37.3 Å². The van der Waals surface area contributed by atoms with E-state index >= 15 is 0 Å². The van der Waals surface area contributed by atoms with Gasteiger partial charge in [0.1, 0.15) is 12.1 Å². The summed E-state index contributed by atoms with van der Waals surface area (Å²) in [4.78, 5) is 38.0. The molecule has 4 aromatic rings. The van der Waals surface area contributed by atoms with E-state index in [0.717, 1.165) is 10.2 Å². The molecule has 0 aliphatic carbocycles. The Hall–Kier alpha value is -4.33. The van der Waals surface area contributed by atoms with Crippen LogP contribution in [0, 0.1) is 0 Å². The zero-order valence-electron chi connectivity index (χ0n) is 17.4. The molecule has 1 atom stereocenters. The van der Waals surface area contributed by atoms with Crippen molar-refractivity contribution in [3.05, 3.63) is 100 Å². The van der Waals surface area contributed by atoms with Crippen molar-refractivity contribution in [2.75, 3.05) is 5.32 Å². The number of hydrogen-bond donors (Lipinski definition) is 2. The fourth-order valence-corrected chi connectivity index (χ4v) is 3.34. The van der Waals surface area contributed by atoms with E-state index in [1.165, 1.54) is 0 Å². The van der Waals surface area contributed by atoms with E-state index in [1.54, 1.807) is 48.5 Å². The van der Waals surface area contributed by atoms with Crippen LogP contribution in [0.15, 0.2) is 83.7 Å². The van der Waals surface area contributed by atoms with Crippen molar-refractivity contribution in [2.24, 2.45) is 0 Å². The molecule has 1 heterocycles. The number of fused-ring (bicyclic) bond motifs is 1. The minimum absolute atomic E-state index is 0.209. The van der Waals surface area contributed by atoms with Crippen molar-refractivity contribution in [1.29, 1.82) is 0 Å². The first-order valence-electron chi connectivity index (χ1n) is 10.1. The van der Waals surface area contributed by atoms with Crippen LogP contribution in [0.1, 0.15) is 28.9 Å². The summed E-state index contributed by atoms with van der Waals surface area (Å²) in [5.74, 6) is -0.812. The van der Waals surface area contributed by atoms with Crippen LogP contribution in [0.5, 0.6) is 0 Å². The average Bonchev–Trinajstić information content (AvgIpc) is 2.82. The summed E-state index contributed by atoms with van der Waals surface area (Å²) in [5.41, 5.74) is 1.69. The lowest BCUT2D eigenvalue weighted by molar-refractivity contribution is -0.117. The standard InChI is InChI=1S/C24H21N5O3/c1-16(17-9-3-2-4-10-17)25-23(31)18-11-5-7-13-20(18)26-22(30)15-29-24(32)19-12-6-8-14-21(19)27-28-29/h2-14,16H,15H2,1H3,(H,25,31)(H,26,30)/t16-/m0/s1. The molecular weight excluding hydrogens is 406 g/mol. The second kappa shape index (κ2) is 9.22. The molecule has 8 nitrogen and oxygen atoms in total. The van der Waals surface area contributed by atoms with Gasteiger partial charge in [0.25, 0.3) is 11.5 Å². The fraction of sp³-hybridized carbons (Fsp3) is 0.125. The van der Waals surface area contributed by atoms with Gasteiger partial charge in [-0.3, -0.25) is 14.4 Å². The number of anilines is 1. The lowest BCUT2D eigenvalue weighted by Gasteiger charge is -2.16. The second-order valence-corrected chi connectivity index (χ2v) is 7.27. The minimum Gasteiger partial charge on any atom is -0.345 e. The highest BCUT2D eigenvalue weighted by molar-refractivity contribution is 6.03. The number of carbonyl (C=O) groups is 2. The molecule has 160 valence electrons. The number of rotatable bonds is 6. The van der Waals surface area contributed by atoms with Crippen LogP contribution in [0.25, 0.3) is 10.9 Å². The summed E-state index contributed by atoms with van der Waals surface area (Å²) in [5, 5.41) is 13.8. The van der Waals surface area contributed by atoms with Gasteiger partial charge in [0.05, 0.1) is 22.7 Å². The Morgan fingerprint density at radius 1 is 0.938 bits per heavy atom. The first-order chi connectivity index (χ1) is 15.5. The molecule has 3 aromatic carbocycles. The monoisotopic (exact) mass is 427 g/mol. The molecule has 8 heteroatoms. The molecule has 0 spiro atoms. The van der Waals surface area contributed by atoms with Crippen LogP contribution in [-0.2, 0) is 11.3 Å². The lowest BCUT2D eigenvalue weighted by Crippen LogP contribution is -2.31. The summed E-state index contributed by atoms with van der Waals surface area (Å²) < 4.78 is 0.998. The molecule has 0 saturated heterocycles. The highest BCUT2D eigenvalue weighted by Crippen LogP contribution is 2.18. The van der Waals surface area contributed by atoms with Gasteiger partial charge in [-0.2, -0.15) is 0 Å². The van der Waals surface area contributed by atoms with E-state index in [-0.39, 0.29) is 18.5 Å². The third-order valence-electron chi connectivity index (χ3n) is 5.02. The SMILES string of the molecule is C[C@H](NC(=O)c1ccccc1NC(=O)Cn1nnc2ccccc2c1=O)c1ccccc1. The zero-order chi connectivity index (χ0) is 22.5. The van der Waals surface area contributed by atoms with Crippen LogP contribution in [0.4, 0.5) is 5.69 Å². The second-order valence-electron chi connectivity index (χ2n) is 7.27. The fourth-order valence-electron chi connectivity index (χ4n) is 3.34. The van der Waals surface area contributed by atoms with Gasteiger partial charge in [-0.05, 0) is 36.8 Å². The van der Waals surface area contributed by atoms with E-state index in [4.69, 9.17) is 0 Å². The largest absolute Gasteiger partial charge is 0.345 e. The first kappa shape index (κ1) is 20.9. The van der Waals surface area contributed by atoms with Gasteiger partial charge in [-0.25, -0.2) is 4.68 Å². The Bertz CT molecular complexity index is 1330. The number of aromatic nitrogens is 3. The number of nitrogens with one attached hydrogen (secondary N) is 2. The Kier molecular flexibility index (Phi) is 6.03. The van der Waals surface area contributed by atoms with E-state index in [9.17, 15) is 14.4 Å². The first-order valence-corrected chi connectivity index (χ1v) is 10.1. The Labute approximate surface area is 183 Å². The van der Waals surface area contributed by atoms with E-state index in [0.29, 0.717) is 22.2 Å². The predicted octanol–water partition coefficient (Wildman–Crippen LogP) is 2.92. The van der Waals surface area contributed by atoms with Gasteiger partial charge >= 0.3 is 0 Å². The maximum Gasteiger partial charge on any atom is 0.278 e. The molecule has 0 aliphatic heterocycles. The van der Waals surface area contributed by atoms with Crippen molar-refractivity contribution < 1.29 is 9.59 Å². The van der Waals surface area contributed by atoms with Crippen LogP contribution < -0.4 is 16.2 Å². The highest BCUT2D eigenvalue weighted by atomic mass is 16.2. The Morgan fingerprint density at radius 2 is 1.62 bits per heavy atom. The van der Waals surface area contributed by atoms with Crippen molar-refractivity contribution in [3.63, 3.8) is 0 Å². The Balaban J connectivity index is 1.49. The van der Waals surface area contributed by atoms with E-state index < -0.39 is 11.5 Å². The normalized spacial score (nSPS) is 11.7. The zero-order valence-corrected chi connectivity index (χ0v) is 17.4. The summed E-state index contributed by atoms with van der Waals surface area (Å²) in [6.07, 6.45) is 0. The molecule has 0 radical (unpaired) electrons. The van der Waals surface area contributed by atoms with Gasteiger partial charge in [0, 0.05) is 0 Å². The molecule has 1 aromatic heterocycles. The smallest absolute Gasteiger partial charge is 0.278 e. The topological polar surface area (TPSA) is 106 Å². The minimum atomic E-state index is -0.493. The highest BCUT2D eigenvalue weighted by Gasteiger charge is 2.17. The van der Waals surface area contributed by atoms with Crippen LogP contribution in [-0.4, -0.2) is 26.8 Å². The molecular formula is C24H21N5O3. The number of amides is 2. The molecule has 0 unspecified atom stereocenters. The summed E-state index contributed by atoms with van der Waals surface area (Å²) >= 11 is 0. The summed E-state index contributed by atoms with van der Waals surface area (Å²) in [6.45, 7) is 1.56. The lowest BCUT2D eigenvalue weighted by atomic mass is 10.1. The van der Waals surface area contributed by atoms with Gasteiger partial charge in [0.2, 0.25) is 5.91 Å². The molecule has 0 saturated carbocycles. The van der Waals surface area contributed by atoms with Crippen LogP contribution in [0.3, 0.4) is 0 Å². The van der Waals surface area contributed by atoms with Crippen LogP contribution in [0.2, 0.25) is 0 Å². The van der Waals surface area contributed by atoms with Gasteiger partial charge in [-0.1, -0.05) is 59.8 Å². The maximum atomic E-state index is 12.8. The summed E-state index contributed by atoms with van der Waals surface area (Å²) in [6, 6.07) is 22.9. The predicted molar refractivity (Wildman–Crippen MR) is 121 cm³/mol. The molecule has 4 rings (SSSR count). The third kappa shape index (κ3) is 4.54. The van der Waals surface area contributed by atoms with Gasteiger partial charge < -0.3 is 10.6 Å². The maximum absolute atomic E-state index is 12.8. The number of benzene rings is 3. The summed E-state index contributed by atoms with van der Waals surface area (Å²) in [7, 11) is 0. The van der Waals surface area contributed by atoms with Crippen molar-refractivity contribution >= 4 is 28.4 Å². The van der Waals surface area contributed by atoms with Crippen molar-refractivity contribution in [1.82, 2.24) is 20.3 Å². The van der Waals surface area contributed by atoms with Gasteiger partial charge in [-0.15, -0.1) is 5.10 Å². The van der Waals surface area contributed by atoms with Crippen molar-refractivity contribution in [2.45, 2.75) is 19.5 Å². The number of nitrogens with zero attached hydrogens (tertiary/aromatic N) is 3.